The maximum Gasteiger partial charge on any atom is 0.405 e. The number of nitrogens with one attached hydrogen (secondary N) is 3. The van der Waals surface area contributed by atoms with E-state index < -0.39 is 6.09 Å². The standard InChI is InChI=1S/C33H37N7O4/c1-2-5-29(41)39-16-3-6-27(39)31-34-18-25(37-31)23-12-8-21(9-13-23)22-10-14-24(15-11-22)26-19-35-32(38-26)28-7-4-17-40(28)30(42)20-36-33(43)44/h8-15,18-19,27-28,36H,2-7,16-17,20H2,1H3,(H,34,37)(H,35,38)(H,43,44). The minimum absolute atomic E-state index is 0.0206. The molecule has 0 aliphatic carbocycles. The largest absolute Gasteiger partial charge is 0.465 e. The molecule has 2 aromatic carbocycles. The van der Waals surface area contributed by atoms with Crippen LogP contribution in [0.3, 0.4) is 0 Å². The number of carbonyl (C=O) groups is 3. The van der Waals surface area contributed by atoms with E-state index >= 15 is 0 Å². The summed E-state index contributed by atoms with van der Waals surface area (Å²) < 4.78 is 0. The number of rotatable bonds is 9. The fourth-order valence-electron chi connectivity index (χ4n) is 6.30. The molecular formula is C33H37N7O4. The van der Waals surface area contributed by atoms with Gasteiger partial charge in [0.05, 0.1) is 35.9 Å². The first kappa shape index (κ1) is 29.2. The molecule has 4 heterocycles. The van der Waals surface area contributed by atoms with Crippen LogP contribution in [0, 0.1) is 0 Å². The van der Waals surface area contributed by atoms with Crippen molar-refractivity contribution < 1.29 is 19.5 Å². The van der Waals surface area contributed by atoms with E-state index in [0.717, 1.165) is 78.1 Å². The zero-order valence-corrected chi connectivity index (χ0v) is 24.8. The SMILES string of the molecule is CCCC(=O)N1CCCC1c1ncc(-c2ccc(-c3ccc(-c4cnc(C5CCCN5C(=O)CNC(=O)O)[nH]4)cc3)cc2)[nH]1. The van der Waals surface area contributed by atoms with E-state index in [1.54, 1.807) is 11.1 Å². The Morgan fingerprint density at radius 2 is 1.23 bits per heavy atom. The van der Waals surface area contributed by atoms with Crippen LogP contribution in [0.25, 0.3) is 33.6 Å². The van der Waals surface area contributed by atoms with Crippen LogP contribution in [0.5, 0.6) is 0 Å². The van der Waals surface area contributed by atoms with E-state index in [9.17, 15) is 14.4 Å². The fourth-order valence-corrected chi connectivity index (χ4v) is 6.30. The summed E-state index contributed by atoms with van der Waals surface area (Å²) in [6.45, 7) is 3.16. The van der Waals surface area contributed by atoms with Gasteiger partial charge in [0, 0.05) is 19.5 Å². The predicted octanol–water partition coefficient (Wildman–Crippen LogP) is 5.53. The Kier molecular flexibility index (Phi) is 8.44. The summed E-state index contributed by atoms with van der Waals surface area (Å²) >= 11 is 0. The zero-order valence-electron chi connectivity index (χ0n) is 24.8. The molecule has 11 nitrogen and oxygen atoms in total. The molecule has 44 heavy (non-hydrogen) atoms. The minimum atomic E-state index is -1.21. The molecule has 0 radical (unpaired) electrons. The third-order valence-electron chi connectivity index (χ3n) is 8.55. The van der Waals surface area contributed by atoms with Gasteiger partial charge in [-0.2, -0.15) is 0 Å². The number of benzene rings is 2. The summed E-state index contributed by atoms with van der Waals surface area (Å²) in [7, 11) is 0. The molecule has 2 aliphatic heterocycles. The third-order valence-corrected chi connectivity index (χ3v) is 8.55. The van der Waals surface area contributed by atoms with Crippen LogP contribution in [0.2, 0.25) is 0 Å². The van der Waals surface area contributed by atoms with E-state index in [4.69, 9.17) is 5.11 Å². The molecular weight excluding hydrogens is 558 g/mol. The van der Waals surface area contributed by atoms with E-state index in [1.807, 2.05) is 30.2 Å². The Balaban J connectivity index is 1.11. The van der Waals surface area contributed by atoms with Gasteiger partial charge in [-0.1, -0.05) is 55.5 Å². The van der Waals surface area contributed by atoms with Gasteiger partial charge in [0.15, 0.2) is 0 Å². The number of nitrogens with zero attached hydrogens (tertiary/aromatic N) is 4. The number of aromatic nitrogens is 4. The van der Waals surface area contributed by atoms with Crippen molar-refractivity contribution in [2.45, 2.75) is 57.5 Å². The van der Waals surface area contributed by atoms with Gasteiger partial charge < -0.3 is 30.2 Å². The summed E-state index contributed by atoms with van der Waals surface area (Å²) in [6.07, 6.45) is 7.39. The second-order valence-electron chi connectivity index (χ2n) is 11.4. The number of carboxylic acid groups (broad SMARTS) is 1. The Morgan fingerprint density at radius 1 is 0.773 bits per heavy atom. The third kappa shape index (κ3) is 6.08. The van der Waals surface area contributed by atoms with Gasteiger partial charge in [0.25, 0.3) is 0 Å². The average molecular weight is 596 g/mol. The topological polar surface area (TPSA) is 147 Å². The van der Waals surface area contributed by atoms with Gasteiger partial charge in [-0.15, -0.1) is 0 Å². The van der Waals surface area contributed by atoms with Gasteiger partial charge >= 0.3 is 6.09 Å². The lowest BCUT2D eigenvalue weighted by atomic mass is 10.0. The summed E-state index contributed by atoms with van der Waals surface area (Å²) in [5, 5.41) is 11.0. The predicted molar refractivity (Wildman–Crippen MR) is 165 cm³/mol. The molecule has 0 saturated carbocycles. The Labute approximate surface area is 255 Å². The van der Waals surface area contributed by atoms with Crippen molar-refractivity contribution in [1.82, 2.24) is 35.1 Å². The second kappa shape index (κ2) is 12.7. The normalized spacial score (nSPS) is 18.1. The molecule has 11 heteroatoms. The van der Waals surface area contributed by atoms with Crippen molar-refractivity contribution in [3.05, 3.63) is 72.6 Å². The quantitative estimate of drug-likeness (QED) is 0.200. The van der Waals surface area contributed by atoms with Crippen LogP contribution in [-0.4, -0.2) is 72.4 Å². The highest BCUT2D eigenvalue weighted by Gasteiger charge is 2.33. The lowest BCUT2D eigenvalue weighted by Crippen LogP contribution is -2.39. The molecule has 4 aromatic rings. The maximum absolute atomic E-state index is 12.6. The summed E-state index contributed by atoms with van der Waals surface area (Å²) in [5.41, 5.74) is 5.99. The minimum Gasteiger partial charge on any atom is -0.465 e. The van der Waals surface area contributed by atoms with Crippen molar-refractivity contribution in [2.75, 3.05) is 19.6 Å². The van der Waals surface area contributed by atoms with Gasteiger partial charge in [0.1, 0.15) is 18.2 Å². The van der Waals surface area contributed by atoms with Crippen molar-refractivity contribution in [3.63, 3.8) is 0 Å². The highest BCUT2D eigenvalue weighted by atomic mass is 16.4. The van der Waals surface area contributed by atoms with E-state index in [-0.39, 0.29) is 30.4 Å². The lowest BCUT2D eigenvalue weighted by molar-refractivity contribution is -0.132. The van der Waals surface area contributed by atoms with Crippen molar-refractivity contribution >= 4 is 17.9 Å². The first-order valence-electron chi connectivity index (χ1n) is 15.3. The molecule has 3 amide bonds. The lowest BCUT2D eigenvalue weighted by Gasteiger charge is -2.23. The van der Waals surface area contributed by atoms with Gasteiger partial charge in [-0.25, -0.2) is 14.8 Å². The molecule has 2 aromatic heterocycles. The molecule has 2 saturated heterocycles. The van der Waals surface area contributed by atoms with Crippen LogP contribution < -0.4 is 5.32 Å². The number of hydrogen-bond acceptors (Lipinski definition) is 5. The zero-order chi connectivity index (χ0) is 30.6. The van der Waals surface area contributed by atoms with E-state index in [1.165, 1.54) is 0 Å². The Bertz CT molecular complexity index is 1630. The van der Waals surface area contributed by atoms with Crippen molar-refractivity contribution in [1.29, 1.82) is 0 Å². The molecule has 228 valence electrons. The first-order chi connectivity index (χ1) is 21.4. The van der Waals surface area contributed by atoms with Crippen LogP contribution >= 0.6 is 0 Å². The molecule has 0 bridgehead atoms. The van der Waals surface area contributed by atoms with E-state index in [2.05, 4.69) is 61.7 Å². The van der Waals surface area contributed by atoms with Crippen LogP contribution in [0.4, 0.5) is 4.79 Å². The van der Waals surface area contributed by atoms with Gasteiger partial charge in [-0.3, -0.25) is 9.59 Å². The number of likely N-dealkylation sites (tertiary alicyclic amines) is 2. The van der Waals surface area contributed by atoms with Crippen LogP contribution in [-0.2, 0) is 9.59 Å². The Morgan fingerprint density at radius 3 is 1.68 bits per heavy atom. The molecule has 0 spiro atoms. The van der Waals surface area contributed by atoms with Crippen molar-refractivity contribution in [3.8, 4) is 33.6 Å². The molecule has 2 aliphatic rings. The Hall–Kier alpha value is -4.93. The smallest absolute Gasteiger partial charge is 0.405 e. The maximum atomic E-state index is 12.6. The second-order valence-corrected chi connectivity index (χ2v) is 11.4. The fraction of sp³-hybridized carbons (Fsp3) is 0.364. The van der Waals surface area contributed by atoms with Gasteiger partial charge in [0.2, 0.25) is 11.8 Å². The van der Waals surface area contributed by atoms with Crippen LogP contribution in [0.15, 0.2) is 60.9 Å². The highest BCUT2D eigenvalue weighted by Crippen LogP contribution is 2.34. The molecule has 2 atom stereocenters. The van der Waals surface area contributed by atoms with Crippen molar-refractivity contribution in [2.24, 2.45) is 0 Å². The summed E-state index contributed by atoms with van der Waals surface area (Å²) in [4.78, 5) is 55.6. The summed E-state index contributed by atoms with van der Waals surface area (Å²) in [5.74, 6) is 1.51. The van der Waals surface area contributed by atoms with Gasteiger partial charge in [-0.05, 0) is 54.4 Å². The van der Waals surface area contributed by atoms with Crippen LogP contribution in [0.1, 0.15) is 69.2 Å². The number of hydrogen-bond donors (Lipinski definition) is 4. The number of carbonyl (C=O) groups excluding carboxylic acids is 2. The highest BCUT2D eigenvalue weighted by molar-refractivity contribution is 5.82. The first-order valence-corrected chi connectivity index (χ1v) is 15.3. The molecule has 4 N–H and O–H groups in total. The number of amides is 3. The molecule has 6 rings (SSSR count). The molecule has 2 unspecified atom stereocenters. The number of aromatic amines is 2. The average Bonchev–Trinajstić information content (AvgIpc) is 3.85. The summed E-state index contributed by atoms with van der Waals surface area (Å²) in [6, 6.07) is 16.4. The number of imidazole rings is 2. The number of H-pyrrole nitrogens is 2. The molecule has 2 fully saturated rings. The monoisotopic (exact) mass is 595 g/mol. The van der Waals surface area contributed by atoms with E-state index in [0.29, 0.717) is 18.8 Å².